The number of nitrogens with one attached hydrogen (secondary N) is 1. The summed E-state index contributed by atoms with van der Waals surface area (Å²) in [7, 11) is 0. The van der Waals surface area contributed by atoms with Crippen LogP contribution < -0.4 is 10.2 Å². The lowest BCUT2D eigenvalue weighted by molar-refractivity contribution is -0.137. The Morgan fingerprint density at radius 1 is 1.04 bits per heavy atom. The number of fused-ring (bicyclic) bond motifs is 1. The van der Waals surface area contributed by atoms with Crippen LogP contribution in [0.4, 0.5) is 24.5 Å². The van der Waals surface area contributed by atoms with E-state index in [1.165, 1.54) is 17.0 Å². The van der Waals surface area contributed by atoms with Crippen LogP contribution in [0, 0.1) is 0 Å². The highest BCUT2D eigenvalue weighted by Crippen LogP contribution is 2.31. The molecule has 2 amide bonds. The van der Waals surface area contributed by atoms with E-state index in [9.17, 15) is 22.8 Å². The molecule has 1 N–H and O–H groups in total. The number of amides is 2. The highest BCUT2D eigenvalue weighted by atomic mass is 19.4. The highest BCUT2D eigenvalue weighted by Gasteiger charge is 2.31. The van der Waals surface area contributed by atoms with Gasteiger partial charge in [0.2, 0.25) is 0 Å². The molecule has 4 nitrogen and oxygen atoms in total. The lowest BCUT2D eigenvalue weighted by Gasteiger charge is -2.28. The Kier molecular flexibility index (Phi) is 4.48. The molecule has 1 aliphatic heterocycles. The Morgan fingerprint density at radius 3 is 2.56 bits per heavy atom. The second kappa shape index (κ2) is 6.58. The molecule has 0 radical (unpaired) electrons. The van der Waals surface area contributed by atoms with Gasteiger partial charge in [0.1, 0.15) is 0 Å². The maximum atomic E-state index is 12.7. The molecular weight excluding hydrogens is 333 g/mol. The van der Waals surface area contributed by atoms with Gasteiger partial charge < -0.3 is 10.2 Å². The number of halogens is 3. The van der Waals surface area contributed by atoms with Crippen LogP contribution in [0.1, 0.15) is 17.5 Å². The minimum atomic E-state index is -4.52. The molecule has 25 heavy (non-hydrogen) atoms. The Bertz CT molecular complexity index is 818. The van der Waals surface area contributed by atoms with Gasteiger partial charge in [-0.15, -0.1) is 0 Å². The number of para-hydroxylation sites is 1. The number of aryl methyl sites for hydroxylation is 1. The molecule has 0 bridgehead atoms. The fourth-order valence-corrected chi connectivity index (χ4v) is 2.82. The molecule has 0 saturated heterocycles. The molecule has 3 rings (SSSR count). The summed E-state index contributed by atoms with van der Waals surface area (Å²) in [6, 6.07) is 11.5. The maximum Gasteiger partial charge on any atom is 0.416 e. The summed E-state index contributed by atoms with van der Waals surface area (Å²) in [5.41, 5.74) is 0.673. The summed E-state index contributed by atoms with van der Waals surface area (Å²) in [5, 5.41) is 2.25. The van der Waals surface area contributed by atoms with Gasteiger partial charge >= 0.3 is 18.0 Å². The average Bonchev–Trinajstić information content (AvgIpc) is 2.60. The fourth-order valence-electron chi connectivity index (χ4n) is 2.82. The lowest BCUT2D eigenvalue weighted by atomic mass is 10.0. The molecule has 1 aliphatic rings. The zero-order chi connectivity index (χ0) is 18.0. The minimum absolute atomic E-state index is 0.0709. The van der Waals surface area contributed by atoms with Crippen LogP contribution in [0.25, 0.3) is 0 Å². The van der Waals surface area contributed by atoms with Crippen molar-refractivity contribution in [3.63, 3.8) is 0 Å². The average molecular weight is 348 g/mol. The molecule has 0 fully saturated rings. The summed E-state index contributed by atoms with van der Waals surface area (Å²) in [6.45, 7) is 0.395. The third kappa shape index (κ3) is 3.65. The zero-order valence-corrected chi connectivity index (χ0v) is 13.1. The van der Waals surface area contributed by atoms with Crippen LogP contribution >= 0.6 is 0 Å². The first-order chi connectivity index (χ1) is 11.9. The van der Waals surface area contributed by atoms with E-state index in [1.807, 2.05) is 12.1 Å². The van der Waals surface area contributed by atoms with Crippen molar-refractivity contribution < 1.29 is 22.8 Å². The topological polar surface area (TPSA) is 49.4 Å². The van der Waals surface area contributed by atoms with Gasteiger partial charge in [-0.2, -0.15) is 13.2 Å². The first-order valence-electron chi connectivity index (χ1n) is 7.74. The van der Waals surface area contributed by atoms with E-state index < -0.39 is 23.6 Å². The van der Waals surface area contributed by atoms with E-state index in [0.29, 0.717) is 12.2 Å². The van der Waals surface area contributed by atoms with Crippen molar-refractivity contribution in [3.05, 3.63) is 59.7 Å². The van der Waals surface area contributed by atoms with E-state index in [0.717, 1.165) is 30.5 Å². The SMILES string of the molecule is O=C(Nc1cccc(C(F)(F)F)c1)C(=O)N1CCCc2ccccc21. The molecule has 0 unspecified atom stereocenters. The molecule has 0 aromatic heterocycles. The van der Waals surface area contributed by atoms with Gasteiger partial charge in [-0.3, -0.25) is 9.59 Å². The molecule has 1 heterocycles. The predicted molar refractivity (Wildman–Crippen MR) is 87.2 cm³/mol. The largest absolute Gasteiger partial charge is 0.416 e. The predicted octanol–water partition coefficient (Wildman–Crippen LogP) is 3.62. The Morgan fingerprint density at radius 2 is 1.80 bits per heavy atom. The van der Waals surface area contributed by atoms with Crippen molar-refractivity contribution in [2.75, 3.05) is 16.8 Å². The van der Waals surface area contributed by atoms with E-state index in [4.69, 9.17) is 0 Å². The van der Waals surface area contributed by atoms with E-state index >= 15 is 0 Å². The summed E-state index contributed by atoms with van der Waals surface area (Å²) < 4.78 is 38.2. The molecule has 0 aliphatic carbocycles. The standard InChI is InChI=1S/C18H15F3N2O2/c19-18(20,21)13-7-3-8-14(11-13)22-16(24)17(25)23-10-4-6-12-5-1-2-9-15(12)23/h1-3,5,7-9,11H,4,6,10H2,(H,22,24). The summed E-state index contributed by atoms with van der Waals surface area (Å²) in [6.07, 6.45) is -2.98. The number of alkyl halides is 3. The second-order valence-corrected chi connectivity index (χ2v) is 5.72. The minimum Gasteiger partial charge on any atom is -0.318 e. The van der Waals surface area contributed by atoms with Gasteiger partial charge in [-0.1, -0.05) is 24.3 Å². The molecular formula is C18H15F3N2O2. The van der Waals surface area contributed by atoms with Crippen LogP contribution in [0.3, 0.4) is 0 Å². The smallest absolute Gasteiger partial charge is 0.318 e. The molecule has 130 valence electrons. The number of rotatable bonds is 1. The number of anilines is 2. The normalized spacial score (nSPS) is 14.0. The molecule has 0 spiro atoms. The molecule has 0 atom stereocenters. The Labute approximate surface area is 142 Å². The van der Waals surface area contributed by atoms with Gasteiger partial charge in [0, 0.05) is 17.9 Å². The Balaban J connectivity index is 1.78. The van der Waals surface area contributed by atoms with Crippen molar-refractivity contribution in [1.82, 2.24) is 0 Å². The molecule has 2 aromatic rings. The van der Waals surface area contributed by atoms with E-state index in [2.05, 4.69) is 5.32 Å². The van der Waals surface area contributed by atoms with Gasteiger partial charge in [0.25, 0.3) is 0 Å². The van der Waals surface area contributed by atoms with Gasteiger partial charge in [-0.25, -0.2) is 0 Å². The van der Waals surface area contributed by atoms with Crippen LogP contribution in [0.2, 0.25) is 0 Å². The van der Waals surface area contributed by atoms with E-state index in [-0.39, 0.29) is 5.69 Å². The Hall–Kier alpha value is -2.83. The van der Waals surface area contributed by atoms with Crippen molar-refractivity contribution in [2.24, 2.45) is 0 Å². The maximum absolute atomic E-state index is 12.7. The van der Waals surface area contributed by atoms with Crippen molar-refractivity contribution in [3.8, 4) is 0 Å². The van der Waals surface area contributed by atoms with Crippen LogP contribution in [-0.4, -0.2) is 18.4 Å². The van der Waals surface area contributed by atoms with Crippen molar-refractivity contribution in [2.45, 2.75) is 19.0 Å². The quantitative estimate of drug-likeness (QED) is 0.800. The number of benzene rings is 2. The van der Waals surface area contributed by atoms with Gasteiger partial charge in [0.15, 0.2) is 0 Å². The second-order valence-electron chi connectivity index (χ2n) is 5.72. The summed E-state index contributed by atoms with van der Waals surface area (Å²) in [5.74, 6) is -1.75. The summed E-state index contributed by atoms with van der Waals surface area (Å²) in [4.78, 5) is 26.0. The monoisotopic (exact) mass is 348 g/mol. The van der Waals surface area contributed by atoms with Crippen molar-refractivity contribution >= 4 is 23.2 Å². The molecule has 0 saturated carbocycles. The fraction of sp³-hybridized carbons (Fsp3) is 0.222. The van der Waals surface area contributed by atoms with Gasteiger partial charge in [0.05, 0.1) is 5.56 Å². The first-order valence-corrected chi connectivity index (χ1v) is 7.74. The lowest BCUT2D eigenvalue weighted by Crippen LogP contribution is -2.42. The molecule has 2 aromatic carbocycles. The van der Waals surface area contributed by atoms with E-state index in [1.54, 1.807) is 12.1 Å². The summed E-state index contributed by atoms with van der Waals surface area (Å²) >= 11 is 0. The number of hydrogen-bond acceptors (Lipinski definition) is 2. The van der Waals surface area contributed by atoms with Crippen LogP contribution in [0.5, 0.6) is 0 Å². The third-order valence-electron chi connectivity index (χ3n) is 4.00. The number of nitrogens with zero attached hydrogens (tertiary/aromatic N) is 1. The third-order valence-corrected chi connectivity index (χ3v) is 4.00. The van der Waals surface area contributed by atoms with Crippen molar-refractivity contribution in [1.29, 1.82) is 0 Å². The zero-order valence-electron chi connectivity index (χ0n) is 13.1. The molecule has 7 heteroatoms. The number of carbonyl (C=O) groups excluding carboxylic acids is 2. The van der Waals surface area contributed by atoms with Crippen LogP contribution in [0.15, 0.2) is 48.5 Å². The van der Waals surface area contributed by atoms with Crippen LogP contribution in [-0.2, 0) is 22.2 Å². The van der Waals surface area contributed by atoms with Gasteiger partial charge in [-0.05, 0) is 42.7 Å². The number of carbonyl (C=O) groups is 2. The first kappa shape index (κ1) is 17.0. The highest BCUT2D eigenvalue weighted by molar-refractivity contribution is 6.44. The number of hydrogen-bond donors (Lipinski definition) is 1.